The molecule has 3 heterocycles. The summed E-state index contributed by atoms with van der Waals surface area (Å²) in [6.45, 7) is 11.7. The summed E-state index contributed by atoms with van der Waals surface area (Å²) in [6, 6.07) is 0.332. The molecule has 1 amide bonds. The van der Waals surface area contributed by atoms with E-state index in [2.05, 4.69) is 12.2 Å². The number of hydrogen-bond acceptors (Lipinski definition) is 4. The molecule has 3 aliphatic rings. The molecule has 0 radical (unpaired) electrons. The molecular formula is C17H30N2O3. The van der Waals surface area contributed by atoms with Crippen LogP contribution in [0.1, 0.15) is 47.0 Å². The molecule has 3 saturated heterocycles. The highest BCUT2D eigenvalue weighted by molar-refractivity contribution is 5.70. The Hall–Kier alpha value is -0.810. The quantitative estimate of drug-likeness (QED) is 0.851. The van der Waals surface area contributed by atoms with Gasteiger partial charge >= 0.3 is 6.09 Å². The van der Waals surface area contributed by atoms with Gasteiger partial charge in [0.05, 0.1) is 6.10 Å². The number of nitrogens with one attached hydrogen (secondary N) is 1. The van der Waals surface area contributed by atoms with Crippen molar-refractivity contribution in [2.75, 3.05) is 26.2 Å². The first kappa shape index (κ1) is 16.1. The highest BCUT2D eigenvalue weighted by Gasteiger charge is 2.58. The summed E-state index contributed by atoms with van der Waals surface area (Å²) < 4.78 is 11.2. The predicted molar refractivity (Wildman–Crippen MR) is 84.8 cm³/mol. The Balaban J connectivity index is 1.63. The standard InChI is InChI=1S/C17H30N2O3/c1-12-7-13(5-6-21-12)8-14-17(9-18-10-17)11-19(14)15(20)22-16(2,3)4/h12-14,18H,5-11H2,1-4H3. The first-order valence-corrected chi connectivity index (χ1v) is 8.61. The Kier molecular flexibility index (Phi) is 4.14. The SMILES string of the molecule is CC1CC(CC2N(C(=O)OC(C)(C)C)CC23CNC3)CCO1. The average molecular weight is 310 g/mol. The summed E-state index contributed by atoms with van der Waals surface area (Å²) in [5.74, 6) is 0.663. The van der Waals surface area contributed by atoms with Gasteiger partial charge in [0, 0.05) is 37.7 Å². The van der Waals surface area contributed by atoms with Crippen LogP contribution in [0, 0.1) is 11.3 Å². The van der Waals surface area contributed by atoms with Gasteiger partial charge in [-0.3, -0.25) is 0 Å². The molecule has 0 aromatic rings. The van der Waals surface area contributed by atoms with Crippen molar-refractivity contribution in [2.45, 2.75) is 64.7 Å². The molecule has 22 heavy (non-hydrogen) atoms. The van der Waals surface area contributed by atoms with Crippen molar-refractivity contribution in [2.24, 2.45) is 11.3 Å². The first-order valence-electron chi connectivity index (χ1n) is 8.61. The zero-order chi connectivity index (χ0) is 16.0. The van der Waals surface area contributed by atoms with Gasteiger partial charge in [-0.2, -0.15) is 0 Å². The third-order valence-corrected chi connectivity index (χ3v) is 5.30. The summed E-state index contributed by atoms with van der Waals surface area (Å²) in [4.78, 5) is 14.4. The zero-order valence-corrected chi connectivity index (χ0v) is 14.4. The molecule has 126 valence electrons. The maximum Gasteiger partial charge on any atom is 0.410 e. The number of carbonyl (C=O) groups excluding carboxylic acids is 1. The molecule has 3 aliphatic heterocycles. The van der Waals surface area contributed by atoms with Gasteiger partial charge in [-0.25, -0.2) is 4.79 Å². The lowest BCUT2D eigenvalue weighted by Crippen LogP contribution is -2.78. The Morgan fingerprint density at radius 2 is 2.14 bits per heavy atom. The minimum Gasteiger partial charge on any atom is -0.444 e. The van der Waals surface area contributed by atoms with Crippen LogP contribution in [0.3, 0.4) is 0 Å². The van der Waals surface area contributed by atoms with Gasteiger partial charge in [-0.05, 0) is 52.9 Å². The van der Waals surface area contributed by atoms with Gasteiger partial charge in [0.15, 0.2) is 0 Å². The second kappa shape index (κ2) is 5.68. The number of rotatable bonds is 2. The normalized spacial score (nSPS) is 34.0. The number of amides is 1. The average Bonchev–Trinajstić information content (AvgIpc) is 2.31. The second-order valence-corrected chi connectivity index (χ2v) is 8.40. The van der Waals surface area contributed by atoms with Crippen molar-refractivity contribution in [3.8, 4) is 0 Å². The molecular weight excluding hydrogens is 280 g/mol. The number of ether oxygens (including phenoxy) is 2. The number of carbonyl (C=O) groups is 1. The van der Waals surface area contributed by atoms with Crippen LogP contribution in [0.5, 0.6) is 0 Å². The maximum absolute atomic E-state index is 12.4. The summed E-state index contributed by atoms with van der Waals surface area (Å²) in [5, 5.41) is 3.38. The predicted octanol–water partition coefficient (Wildman–Crippen LogP) is 2.40. The summed E-state index contributed by atoms with van der Waals surface area (Å²) >= 11 is 0. The fraction of sp³-hybridized carbons (Fsp3) is 0.941. The Labute approximate surface area is 133 Å². The summed E-state index contributed by atoms with van der Waals surface area (Å²) in [5.41, 5.74) is -0.117. The van der Waals surface area contributed by atoms with E-state index in [1.54, 1.807) is 0 Å². The van der Waals surface area contributed by atoms with Crippen LogP contribution in [-0.4, -0.2) is 55.0 Å². The topological polar surface area (TPSA) is 50.8 Å². The number of likely N-dealkylation sites (tertiary alicyclic amines) is 1. The minimum absolute atomic E-state index is 0.143. The van der Waals surface area contributed by atoms with Crippen LogP contribution in [0.15, 0.2) is 0 Å². The van der Waals surface area contributed by atoms with Gasteiger partial charge in [0.25, 0.3) is 0 Å². The van der Waals surface area contributed by atoms with E-state index < -0.39 is 5.60 Å². The van der Waals surface area contributed by atoms with Crippen LogP contribution in [0.25, 0.3) is 0 Å². The monoisotopic (exact) mass is 310 g/mol. The lowest BCUT2D eigenvalue weighted by Gasteiger charge is -2.62. The largest absolute Gasteiger partial charge is 0.444 e. The van der Waals surface area contributed by atoms with Gasteiger partial charge in [-0.15, -0.1) is 0 Å². The van der Waals surface area contributed by atoms with Crippen LogP contribution in [-0.2, 0) is 9.47 Å². The molecule has 0 bridgehead atoms. The lowest BCUT2D eigenvalue weighted by molar-refractivity contribution is -0.119. The maximum atomic E-state index is 12.4. The highest BCUT2D eigenvalue weighted by atomic mass is 16.6. The van der Waals surface area contributed by atoms with Crippen molar-refractivity contribution < 1.29 is 14.3 Å². The van der Waals surface area contributed by atoms with E-state index in [4.69, 9.17) is 9.47 Å². The Bertz CT molecular complexity index is 428. The van der Waals surface area contributed by atoms with E-state index in [9.17, 15) is 4.79 Å². The Morgan fingerprint density at radius 1 is 1.41 bits per heavy atom. The fourth-order valence-electron chi connectivity index (χ4n) is 4.08. The zero-order valence-electron chi connectivity index (χ0n) is 14.4. The van der Waals surface area contributed by atoms with Gasteiger partial charge in [-0.1, -0.05) is 0 Å². The van der Waals surface area contributed by atoms with Crippen LogP contribution in [0.2, 0.25) is 0 Å². The molecule has 3 atom stereocenters. The first-order chi connectivity index (χ1) is 10.3. The molecule has 0 aromatic carbocycles. The van der Waals surface area contributed by atoms with Crippen molar-refractivity contribution in [3.63, 3.8) is 0 Å². The van der Waals surface area contributed by atoms with Gasteiger partial charge in [0.1, 0.15) is 5.60 Å². The van der Waals surface area contributed by atoms with Crippen LogP contribution in [0.4, 0.5) is 4.79 Å². The second-order valence-electron chi connectivity index (χ2n) is 8.40. The molecule has 1 N–H and O–H groups in total. The third-order valence-electron chi connectivity index (χ3n) is 5.30. The minimum atomic E-state index is -0.421. The molecule has 1 spiro atoms. The van der Waals surface area contributed by atoms with E-state index in [1.807, 2.05) is 25.7 Å². The van der Waals surface area contributed by atoms with E-state index in [0.717, 1.165) is 45.5 Å². The van der Waals surface area contributed by atoms with E-state index in [-0.39, 0.29) is 6.09 Å². The Morgan fingerprint density at radius 3 is 2.68 bits per heavy atom. The van der Waals surface area contributed by atoms with Crippen molar-refractivity contribution in [3.05, 3.63) is 0 Å². The molecule has 3 rings (SSSR count). The fourth-order valence-corrected chi connectivity index (χ4v) is 4.08. The van der Waals surface area contributed by atoms with Gasteiger partial charge < -0.3 is 19.7 Å². The summed E-state index contributed by atoms with van der Waals surface area (Å²) in [6.07, 6.45) is 3.53. The molecule has 3 unspecified atom stereocenters. The summed E-state index contributed by atoms with van der Waals surface area (Å²) in [7, 11) is 0. The van der Waals surface area contributed by atoms with Crippen molar-refractivity contribution >= 4 is 6.09 Å². The molecule has 0 aromatic heterocycles. The van der Waals surface area contributed by atoms with E-state index in [1.165, 1.54) is 0 Å². The van der Waals surface area contributed by atoms with Gasteiger partial charge in [0.2, 0.25) is 0 Å². The highest BCUT2D eigenvalue weighted by Crippen LogP contribution is 2.46. The molecule has 5 heteroatoms. The molecule has 5 nitrogen and oxygen atoms in total. The third kappa shape index (κ3) is 3.11. The van der Waals surface area contributed by atoms with E-state index in [0.29, 0.717) is 23.5 Å². The molecule has 0 aliphatic carbocycles. The van der Waals surface area contributed by atoms with E-state index >= 15 is 0 Å². The smallest absolute Gasteiger partial charge is 0.410 e. The van der Waals surface area contributed by atoms with Crippen molar-refractivity contribution in [1.82, 2.24) is 10.2 Å². The van der Waals surface area contributed by atoms with Crippen LogP contribution < -0.4 is 5.32 Å². The number of hydrogen-bond donors (Lipinski definition) is 1. The molecule has 0 saturated carbocycles. The lowest BCUT2D eigenvalue weighted by atomic mass is 9.64. The van der Waals surface area contributed by atoms with Crippen molar-refractivity contribution in [1.29, 1.82) is 0 Å². The van der Waals surface area contributed by atoms with Crippen LogP contribution >= 0.6 is 0 Å². The number of nitrogens with zero attached hydrogens (tertiary/aromatic N) is 1. The molecule has 3 fully saturated rings.